The lowest BCUT2D eigenvalue weighted by Gasteiger charge is -2.41. The molecular weight excluding hydrogens is 460 g/mol. The van der Waals surface area contributed by atoms with E-state index < -0.39 is 0 Å². The third kappa shape index (κ3) is 6.08. The molecule has 0 aliphatic carbocycles. The first kappa shape index (κ1) is 26.0. The minimum atomic E-state index is -0.0185. The van der Waals surface area contributed by atoms with Gasteiger partial charge in [0, 0.05) is 50.4 Å². The largest absolute Gasteiger partial charge is 0.497 e. The molecular formula is C31H42N4O2. The second-order valence-corrected chi connectivity index (χ2v) is 10.8. The number of carbonyl (C=O) groups excluding carboxylic acids is 1. The molecule has 3 saturated heterocycles. The highest BCUT2D eigenvalue weighted by atomic mass is 16.5. The van der Waals surface area contributed by atoms with E-state index >= 15 is 0 Å². The smallest absolute Gasteiger partial charge is 0.265 e. The van der Waals surface area contributed by atoms with Gasteiger partial charge in [0.1, 0.15) is 5.75 Å². The van der Waals surface area contributed by atoms with Gasteiger partial charge in [0.25, 0.3) is 5.91 Å². The molecule has 2 aromatic carbocycles. The van der Waals surface area contributed by atoms with Gasteiger partial charge in [-0.25, -0.2) is 5.01 Å². The van der Waals surface area contributed by atoms with Crippen LogP contribution in [-0.4, -0.2) is 72.6 Å². The Morgan fingerprint density at radius 1 is 1.00 bits per heavy atom. The van der Waals surface area contributed by atoms with E-state index in [4.69, 9.17) is 4.74 Å². The Balaban J connectivity index is 1.41. The summed E-state index contributed by atoms with van der Waals surface area (Å²) in [6, 6.07) is 18.0. The Morgan fingerprint density at radius 2 is 1.78 bits per heavy atom. The van der Waals surface area contributed by atoms with Crippen LogP contribution < -0.4 is 10.2 Å². The molecule has 6 heteroatoms. The van der Waals surface area contributed by atoms with Gasteiger partial charge in [-0.15, -0.1) is 6.58 Å². The average Bonchev–Trinajstić information content (AvgIpc) is 3.02. The fraction of sp³-hybridized carbons (Fsp3) is 0.516. The maximum Gasteiger partial charge on any atom is 0.265 e. The number of methoxy groups -OCH3 is 1. The second kappa shape index (κ2) is 12.2. The minimum Gasteiger partial charge on any atom is -0.497 e. The number of rotatable bonds is 8. The zero-order chi connectivity index (χ0) is 25.6. The quantitative estimate of drug-likeness (QED) is 0.513. The second-order valence-electron chi connectivity index (χ2n) is 10.8. The van der Waals surface area contributed by atoms with E-state index in [1.54, 1.807) is 7.11 Å². The van der Waals surface area contributed by atoms with Crippen molar-refractivity contribution in [3.8, 4) is 5.75 Å². The van der Waals surface area contributed by atoms with Gasteiger partial charge >= 0.3 is 0 Å². The van der Waals surface area contributed by atoms with Crippen molar-refractivity contribution in [3.05, 3.63) is 77.9 Å². The number of hydrazine groups is 1. The van der Waals surface area contributed by atoms with Crippen LogP contribution in [0, 0.1) is 0 Å². The summed E-state index contributed by atoms with van der Waals surface area (Å²) >= 11 is 0. The first-order chi connectivity index (χ1) is 18.2. The molecule has 198 valence electrons. The number of ether oxygens (including phenoxy) is 1. The first-order valence-corrected chi connectivity index (χ1v) is 14.1. The van der Waals surface area contributed by atoms with Crippen LogP contribution in [0.5, 0.6) is 5.75 Å². The number of fused-ring (bicyclic) bond motifs is 2. The SMILES string of the molecule is C=CCN1C2CCCC1CN(C(c1ccc(C(=O)NN3CCCCC3)cc1)c1cccc(OC)c1)CC2. The topological polar surface area (TPSA) is 48.0 Å². The zero-order valence-electron chi connectivity index (χ0n) is 22.3. The van der Waals surface area contributed by atoms with Crippen LogP contribution in [0.2, 0.25) is 0 Å². The molecule has 3 aliphatic heterocycles. The standard InChI is InChI=1S/C31H42N4O2/c1-3-18-35-27-10-8-11-28(35)23-33(21-17-27)30(26-9-7-12-29(22-26)37-2)24-13-15-25(16-14-24)31(36)32-34-19-5-4-6-20-34/h3,7,9,12-16,22,27-28,30H,1,4-6,8,10-11,17-21,23H2,2H3,(H,32,36). The summed E-state index contributed by atoms with van der Waals surface area (Å²) in [5.74, 6) is 0.858. The number of hydrogen-bond acceptors (Lipinski definition) is 5. The van der Waals surface area contributed by atoms with Gasteiger partial charge in [0.05, 0.1) is 13.2 Å². The Hall–Kier alpha value is -2.67. The molecule has 1 N–H and O–H groups in total. The summed E-state index contributed by atoms with van der Waals surface area (Å²) in [5.41, 5.74) is 6.26. The third-order valence-corrected chi connectivity index (χ3v) is 8.43. The van der Waals surface area contributed by atoms with Crippen LogP contribution in [-0.2, 0) is 0 Å². The Labute approximate surface area is 222 Å². The van der Waals surface area contributed by atoms with E-state index in [-0.39, 0.29) is 11.9 Å². The Kier molecular flexibility index (Phi) is 8.59. The molecule has 3 fully saturated rings. The summed E-state index contributed by atoms with van der Waals surface area (Å²) in [6.07, 6.45) is 10.6. The van der Waals surface area contributed by atoms with Crippen LogP contribution in [0.1, 0.15) is 72.5 Å². The van der Waals surface area contributed by atoms with E-state index in [1.807, 2.05) is 18.2 Å². The summed E-state index contributed by atoms with van der Waals surface area (Å²) in [6.45, 7) is 8.95. The van der Waals surface area contributed by atoms with E-state index in [0.717, 1.165) is 51.3 Å². The highest BCUT2D eigenvalue weighted by Crippen LogP contribution is 2.36. The van der Waals surface area contributed by atoms with E-state index in [1.165, 1.54) is 43.2 Å². The zero-order valence-corrected chi connectivity index (χ0v) is 22.3. The molecule has 3 unspecified atom stereocenters. The van der Waals surface area contributed by atoms with Crippen molar-refractivity contribution < 1.29 is 9.53 Å². The van der Waals surface area contributed by atoms with Gasteiger partial charge in [-0.05, 0) is 67.5 Å². The summed E-state index contributed by atoms with van der Waals surface area (Å²) in [7, 11) is 1.73. The predicted molar refractivity (Wildman–Crippen MR) is 149 cm³/mol. The fourth-order valence-electron chi connectivity index (χ4n) is 6.54. The molecule has 0 saturated carbocycles. The molecule has 3 atom stereocenters. The highest BCUT2D eigenvalue weighted by molar-refractivity contribution is 5.93. The molecule has 2 aromatic rings. The van der Waals surface area contributed by atoms with Crippen LogP contribution in [0.4, 0.5) is 0 Å². The van der Waals surface area contributed by atoms with E-state index in [0.29, 0.717) is 17.6 Å². The van der Waals surface area contributed by atoms with Crippen molar-refractivity contribution in [2.24, 2.45) is 0 Å². The molecule has 3 aliphatic rings. The van der Waals surface area contributed by atoms with Gasteiger partial charge in [0.15, 0.2) is 0 Å². The fourth-order valence-corrected chi connectivity index (χ4v) is 6.54. The number of benzene rings is 2. The van der Waals surface area contributed by atoms with Gasteiger partial charge in [-0.3, -0.25) is 20.0 Å². The maximum absolute atomic E-state index is 12.9. The molecule has 3 heterocycles. The number of carbonyl (C=O) groups is 1. The molecule has 0 spiro atoms. The van der Waals surface area contributed by atoms with Crippen LogP contribution in [0.15, 0.2) is 61.2 Å². The number of hydrogen-bond donors (Lipinski definition) is 1. The monoisotopic (exact) mass is 502 g/mol. The van der Waals surface area contributed by atoms with Crippen molar-refractivity contribution in [2.75, 3.05) is 39.8 Å². The lowest BCUT2D eigenvalue weighted by atomic mass is 9.94. The van der Waals surface area contributed by atoms with Crippen molar-refractivity contribution in [1.29, 1.82) is 0 Å². The third-order valence-electron chi connectivity index (χ3n) is 8.43. The maximum atomic E-state index is 12.9. The molecule has 5 rings (SSSR count). The Bertz CT molecular complexity index is 1050. The normalized spacial score (nSPS) is 24.1. The highest BCUT2D eigenvalue weighted by Gasteiger charge is 2.36. The van der Waals surface area contributed by atoms with E-state index in [9.17, 15) is 4.79 Å². The lowest BCUT2D eigenvalue weighted by molar-refractivity contribution is 0.0750. The van der Waals surface area contributed by atoms with Gasteiger partial charge in [-0.2, -0.15) is 0 Å². The lowest BCUT2D eigenvalue weighted by Crippen LogP contribution is -2.48. The number of nitrogens with one attached hydrogen (secondary N) is 1. The van der Waals surface area contributed by atoms with E-state index in [2.05, 4.69) is 63.2 Å². The van der Waals surface area contributed by atoms with Crippen molar-refractivity contribution in [3.63, 3.8) is 0 Å². The molecule has 2 bridgehead atoms. The molecule has 0 aromatic heterocycles. The summed E-state index contributed by atoms with van der Waals surface area (Å²) in [5, 5.41) is 2.06. The van der Waals surface area contributed by atoms with Gasteiger partial charge < -0.3 is 4.74 Å². The molecule has 37 heavy (non-hydrogen) atoms. The number of piperidine rings is 2. The predicted octanol–water partition coefficient (Wildman–Crippen LogP) is 5.03. The van der Waals surface area contributed by atoms with Crippen molar-refractivity contribution >= 4 is 5.91 Å². The first-order valence-electron chi connectivity index (χ1n) is 14.1. The van der Waals surface area contributed by atoms with Crippen LogP contribution in [0.3, 0.4) is 0 Å². The minimum absolute atomic E-state index is 0.0185. The van der Waals surface area contributed by atoms with Gasteiger partial charge in [0.2, 0.25) is 0 Å². The summed E-state index contributed by atoms with van der Waals surface area (Å²) in [4.78, 5) is 18.3. The van der Waals surface area contributed by atoms with Crippen molar-refractivity contribution in [1.82, 2.24) is 20.2 Å². The Morgan fingerprint density at radius 3 is 2.54 bits per heavy atom. The molecule has 6 nitrogen and oxygen atoms in total. The number of amides is 1. The number of nitrogens with zero attached hydrogens (tertiary/aromatic N) is 3. The molecule has 1 amide bonds. The molecule has 0 radical (unpaired) electrons. The van der Waals surface area contributed by atoms with Crippen LogP contribution in [0.25, 0.3) is 0 Å². The average molecular weight is 503 g/mol. The van der Waals surface area contributed by atoms with Crippen molar-refractivity contribution in [2.45, 2.75) is 63.1 Å². The summed E-state index contributed by atoms with van der Waals surface area (Å²) < 4.78 is 5.60. The van der Waals surface area contributed by atoms with Gasteiger partial charge in [-0.1, -0.05) is 43.2 Å². The van der Waals surface area contributed by atoms with Crippen LogP contribution >= 0.6 is 0 Å².